The Morgan fingerprint density at radius 1 is 0.950 bits per heavy atom. The lowest BCUT2D eigenvalue weighted by atomic mass is 10.1. The van der Waals surface area contributed by atoms with Crippen LogP contribution in [0.5, 0.6) is 5.75 Å². The lowest BCUT2D eigenvalue weighted by molar-refractivity contribution is -0.134. The summed E-state index contributed by atoms with van der Waals surface area (Å²) in [6.45, 7) is 0.967. The van der Waals surface area contributed by atoms with Gasteiger partial charge in [-0.3, -0.25) is 13.9 Å². The molecule has 1 aliphatic rings. The van der Waals surface area contributed by atoms with Gasteiger partial charge in [0.15, 0.2) is 6.61 Å². The lowest BCUT2D eigenvalue weighted by Crippen LogP contribution is -2.39. The van der Waals surface area contributed by atoms with Crippen LogP contribution in [-0.2, 0) is 19.6 Å². The zero-order valence-corrected chi connectivity index (χ0v) is 23.8. The monoisotopic (exact) mass is 602 g/mol. The van der Waals surface area contributed by atoms with E-state index in [2.05, 4.69) is 10.5 Å². The van der Waals surface area contributed by atoms with Crippen LogP contribution in [0.1, 0.15) is 24.8 Å². The number of hydrogen-bond donors (Lipinski definition) is 1. The molecule has 0 atom stereocenters. The van der Waals surface area contributed by atoms with E-state index in [1.54, 1.807) is 42.5 Å². The Morgan fingerprint density at radius 2 is 1.65 bits per heavy atom. The third-order valence-electron chi connectivity index (χ3n) is 6.16. The smallest absolute Gasteiger partial charge is 0.264 e. The van der Waals surface area contributed by atoms with Gasteiger partial charge in [0.1, 0.15) is 12.3 Å². The van der Waals surface area contributed by atoms with Gasteiger partial charge in [-0.05, 0) is 79.4 Å². The summed E-state index contributed by atoms with van der Waals surface area (Å²) < 4.78 is 33.3. The largest absolute Gasteiger partial charge is 0.484 e. The lowest BCUT2D eigenvalue weighted by Gasteiger charge is -2.26. The van der Waals surface area contributed by atoms with Crippen LogP contribution < -0.4 is 14.5 Å². The number of rotatable bonds is 10. The molecule has 1 N–H and O–H groups in total. The van der Waals surface area contributed by atoms with Crippen molar-refractivity contribution in [3.63, 3.8) is 0 Å². The Kier molecular flexibility index (Phi) is 10.0. The van der Waals surface area contributed by atoms with Gasteiger partial charge in [0, 0.05) is 13.1 Å². The van der Waals surface area contributed by atoms with Crippen molar-refractivity contribution in [3.05, 3.63) is 88.4 Å². The molecule has 1 aliphatic heterocycles. The first kappa shape index (κ1) is 29.4. The number of hydrogen-bond acceptors (Lipinski definition) is 6. The summed E-state index contributed by atoms with van der Waals surface area (Å²) in [6, 6.07) is 18.9. The fraction of sp³-hybridized carbons (Fsp3) is 0.250. The van der Waals surface area contributed by atoms with Gasteiger partial charge in [-0.2, -0.15) is 5.10 Å². The number of carbonyl (C=O) groups is 2. The number of sulfonamides is 1. The summed E-state index contributed by atoms with van der Waals surface area (Å²) in [6.07, 6.45) is 4.60. The second-order valence-electron chi connectivity index (χ2n) is 9.02. The Hall–Kier alpha value is -3.60. The molecule has 1 saturated heterocycles. The molecular formula is C28H28Cl2N4O5S. The maximum Gasteiger partial charge on any atom is 0.264 e. The van der Waals surface area contributed by atoms with Crippen molar-refractivity contribution in [3.8, 4) is 5.75 Å². The normalized spacial score (nSPS) is 13.7. The van der Waals surface area contributed by atoms with Crippen molar-refractivity contribution in [2.75, 3.05) is 30.5 Å². The minimum absolute atomic E-state index is 0.0114. The Balaban J connectivity index is 1.37. The highest BCUT2D eigenvalue weighted by Gasteiger charge is 2.27. The Bertz CT molecular complexity index is 1460. The van der Waals surface area contributed by atoms with Gasteiger partial charge in [-0.15, -0.1) is 0 Å². The summed E-state index contributed by atoms with van der Waals surface area (Å²) >= 11 is 12.1. The molecule has 0 spiro atoms. The number of nitrogens with one attached hydrogen (secondary N) is 1. The summed E-state index contributed by atoms with van der Waals surface area (Å²) in [7, 11) is -4.10. The predicted molar refractivity (Wildman–Crippen MR) is 156 cm³/mol. The van der Waals surface area contributed by atoms with E-state index >= 15 is 0 Å². The molecule has 9 nitrogen and oxygen atoms in total. The summed E-state index contributed by atoms with van der Waals surface area (Å²) in [5.74, 6) is -0.162. The van der Waals surface area contributed by atoms with Crippen molar-refractivity contribution < 1.29 is 22.7 Å². The van der Waals surface area contributed by atoms with Crippen LogP contribution in [0, 0.1) is 0 Å². The van der Waals surface area contributed by atoms with Gasteiger partial charge in [-0.1, -0.05) is 41.4 Å². The summed E-state index contributed by atoms with van der Waals surface area (Å²) in [5.41, 5.74) is 3.19. The van der Waals surface area contributed by atoms with Gasteiger partial charge in [0.25, 0.3) is 21.8 Å². The van der Waals surface area contributed by atoms with Crippen molar-refractivity contribution in [1.29, 1.82) is 0 Å². The molecule has 3 aromatic rings. The molecule has 1 heterocycles. The SMILES string of the molecule is O=C(CN(c1ccc(Cl)c(Cl)c1)S(=O)(=O)c1ccccc1)N/N=C\c1ccc(OCC(=O)N2CCCCC2)cc1. The van der Waals surface area contributed by atoms with Crippen LogP contribution in [0.15, 0.2) is 82.8 Å². The molecule has 40 heavy (non-hydrogen) atoms. The van der Waals surface area contributed by atoms with Gasteiger partial charge in [0.05, 0.1) is 26.8 Å². The van der Waals surface area contributed by atoms with E-state index in [4.69, 9.17) is 27.9 Å². The van der Waals surface area contributed by atoms with E-state index in [-0.39, 0.29) is 33.1 Å². The number of hydrazone groups is 1. The molecule has 0 aliphatic carbocycles. The van der Waals surface area contributed by atoms with E-state index < -0.39 is 22.5 Å². The first-order valence-corrected chi connectivity index (χ1v) is 14.8. The number of likely N-dealkylation sites (tertiary alicyclic amines) is 1. The highest BCUT2D eigenvalue weighted by atomic mass is 35.5. The number of ether oxygens (including phenoxy) is 1. The van der Waals surface area contributed by atoms with Crippen molar-refractivity contribution >= 4 is 56.9 Å². The first-order valence-electron chi connectivity index (χ1n) is 12.6. The topological polar surface area (TPSA) is 108 Å². The number of amides is 2. The molecule has 0 saturated carbocycles. The average Bonchev–Trinajstić information content (AvgIpc) is 2.97. The average molecular weight is 604 g/mol. The molecule has 210 valence electrons. The zero-order valence-electron chi connectivity index (χ0n) is 21.5. The van der Waals surface area contributed by atoms with E-state index in [0.29, 0.717) is 11.3 Å². The molecule has 0 radical (unpaired) electrons. The summed E-state index contributed by atoms with van der Waals surface area (Å²) in [4.78, 5) is 26.8. The molecule has 2 amide bonds. The number of carbonyl (C=O) groups excluding carboxylic acids is 2. The fourth-order valence-electron chi connectivity index (χ4n) is 4.05. The molecule has 3 aromatic carbocycles. The van der Waals surface area contributed by atoms with Crippen LogP contribution in [0.25, 0.3) is 0 Å². The van der Waals surface area contributed by atoms with Crippen LogP contribution in [0.4, 0.5) is 5.69 Å². The van der Waals surface area contributed by atoms with E-state index in [0.717, 1.165) is 36.7 Å². The number of nitrogens with zero attached hydrogens (tertiary/aromatic N) is 3. The highest BCUT2D eigenvalue weighted by molar-refractivity contribution is 7.92. The fourth-order valence-corrected chi connectivity index (χ4v) is 5.78. The van der Waals surface area contributed by atoms with Crippen molar-refractivity contribution in [2.24, 2.45) is 5.10 Å². The second-order valence-corrected chi connectivity index (χ2v) is 11.7. The van der Waals surface area contributed by atoms with Gasteiger partial charge < -0.3 is 9.64 Å². The second kappa shape index (κ2) is 13.6. The van der Waals surface area contributed by atoms with Gasteiger partial charge >= 0.3 is 0 Å². The van der Waals surface area contributed by atoms with E-state index in [1.165, 1.54) is 36.5 Å². The Morgan fingerprint density at radius 3 is 2.33 bits per heavy atom. The van der Waals surface area contributed by atoms with Gasteiger partial charge in [0.2, 0.25) is 0 Å². The van der Waals surface area contributed by atoms with Crippen molar-refractivity contribution in [1.82, 2.24) is 10.3 Å². The van der Waals surface area contributed by atoms with Crippen LogP contribution in [0.3, 0.4) is 0 Å². The number of piperidine rings is 1. The van der Waals surface area contributed by atoms with Crippen LogP contribution >= 0.6 is 23.2 Å². The zero-order chi connectivity index (χ0) is 28.5. The molecule has 0 unspecified atom stereocenters. The van der Waals surface area contributed by atoms with Crippen LogP contribution in [0.2, 0.25) is 10.0 Å². The third kappa shape index (κ3) is 7.74. The number of halogens is 2. The molecular weight excluding hydrogens is 575 g/mol. The Labute approximate surface area is 243 Å². The number of anilines is 1. The predicted octanol–water partition coefficient (Wildman–Crippen LogP) is 4.73. The van der Waals surface area contributed by atoms with Gasteiger partial charge in [-0.25, -0.2) is 13.8 Å². The van der Waals surface area contributed by atoms with E-state index in [1.807, 2.05) is 4.90 Å². The molecule has 1 fully saturated rings. The number of benzene rings is 3. The minimum Gasteiger partial charge on any atom is -0.484 e. The first-order chi connectivity index (χ1) is 19.2. The van der Waals surface area contributed by atoms with E-state index in [9.17, 15) is 18.0 Å². The third-order valence-corrected chi connectivity index (χ3v) is 8.69. The highest BCUT2D eigenvalue weighted by Crippen LogP contribution is 2.30. The maximum absolute atomic E-state index is 13.4. The quantitative estimate of drug-likeness (QED) is 0.266. The minimum atomic E-state index is -4.10. The molecule has 0 aromatic heterocycles. The maximum atomic E-state index is 13.4. The molecule has 12 heteroatoms. The molecule has 4 rings (SSSR count). The standard InChI is InChI=1S/C28H28Cl2N4O5S/c29-25-14-11-22(17-26(25)30)34(40(37,38)24-7-3-1-4-8-24)19-27(35)32-31-18-21-9-12-23(13-10-21)39-20-28(36)33-15-5-2-6-16-33/h1,3-4,7-14,17-18H,2,5-6,15-16,19-20H2,(H,32,35)/b31-18-. The van der Waals surface area contributed by atoms with Crippen LogP contribution in [-0.4, -0.2) is 57.6 Å². The van der Waals surface area contributed by atoms with Crippen molar-refractivity contribution in [2.45, 2.75) is 24.2 Å². The molecule has 0 bridgehead atoms. The summed E-state index contributed by atoms with van der Waals surface area (Å²) in [5, 5.41) is 4.34.